The van der Waals surface area contributed by atoms with Crippen LogP contribution in [0.3, 0.4) is 0 Å². The van der Waals surface area contributed by atoms with Gasteiger partial charge in [0.15, 0.2) is 0 Å². The topological polar surface area (TPSA) is 39.2 Å². The zero-order valence-electron chi connectivity index (χ0n) is 9.68. The number of fused-ring (bicyclic) bond motifs is 5. The van der Waals surface area contributed by atoms with E-state index in [0.29, 0.717) is 0 Å². The minimum Gasteiger partial charge on any atom is -0.455 e. The van der Waals surface area contributed by atoms with Gasteiger partial charge in [0.2, 0.25) is 0 Å². The molecule has 0 radical (unpaired) electrons. The molecule has 18 heavy (non-hydrogen) atoms. The Morgan fingerprint density at radius 1 is 0.778 bits per heavy atom. The predicted octanol–water partition coefficient (Wildman–Crippen LogP) is 4.32. The quantitative estimate of drug-likeness (QED) is 0.459. The Morgan fingerprint density at radius 3 is 2.56 bits per heavy atom. The molecular formula is C16H11NO. The molecule has 0 aliphatic heterocycles. The van der Waals surface area contributed by atoms with E-state index in [4.69, 9.17) is 10.2 Å². The molecule has 4 aromatic rings. The molecule has 1 aromatic heterocycles. The Kier molecular flexibility index (Phi) is 1.73. The first-order chi connectivity index (χ1) is 8.83. The van der Waals surface area contributed by atoms with E-state index >= 15 is 0 Å². The highest BCUT2D eigenvalue weighted by atomic mass is 16.3. The van der Waals surface area contributed by atoms with E-state index in [1.807, 2.05) is 30.3 Å². The molecule has 86 valence electrons. The van der Waals surface area contributed by atoms with E-state index in [1.54, 1.807) is 0 Å². The van der Waals surface area contributed by atoms with E-state index in [9.17, 15) is 0 Å². The average molecular weight is 233 g/mol. The number of benzene rings is 3. The molecular weight excluding hydrogens is 222 g/mol. The van der Waals surface area contributed by atoms with Crippen molar-refractivity contribution in [2.24, 2.45) is 0 Å². The van der Waals surface area contributed by atoms with Gasteiger partial charge in [0.25, 0.3) is 0 Å². The van der Waals surface area contributed by atoms with Gasteiger partial charge in [-0.05, 0) is 23.6 Å². The number of hydrogen-bond donors (Lipinski definition) is 1. The van der Waals surface area contributed by atoms with Crippen molar-refractivity contribution in [3.63, 3.8) is 0 Å². The van der Waals surface area contributed by atoms with Crippen molar-refractivity contribution < 1.29 is 4.42 Å². The summed E-state index contributed by atoms with van der Waals surface area (Å²) < 4.78 is 5.97. The number of nitrogen functional groups attached to an aromatic ring is 1. The Labute approximate surface area is 104 Å². The van der Waals surface area contributed by atoms with Gasteiger partial charge < -0.3 is 10.2 Å². The summed E-state index contributed by atoms with van der Waals surface area (Å²) in [6, 6.07) is 18.3. The Hall–Kier alpha value is -2.48. The van der Waals surface area contributed by atoms with Crippen LogP contribution in [-0.4, -0.2) is 0 Å². The molecule has 3 aromatic carbocycles. The van der Waals surface area contributed by atoms with E-state index in [2.05, 4.69) is 24.3 Å². The normalized spacial score (nSPS) is 11.6. The molecule has 0 aliphatic rings. The number of furan rings is 1. The maximum Gasteiger partial charge on any atom is 0.143 e. The lowest BCUT2D eigenvalue weighted by atomic mass is 10.1. The van der Waals surface area contributed by atoms with Crippen molar-refractivity contribution in [2.75, 3.05) is 5.73 Å². The van der Waals surface area contributed by atoms with Crippen LogP contribution >= 0.6 is 0 Å². The number of nitrogens with two attached hydrogens (primary N) is 1. The molecule has 0 atom stereocenters. The maximum absolute atomic E-state index is 5.97. The highest BCUT2D eigenvalue weighted by molar-refractivity contribution is 6.15. The van der Waals surface area contributed by atoms with Gasteiger partial charge in [-0.25, -0.2) is 0 Å². The molecule has 0 unspecified atom stereocenters. The lowest BCUT2D eigenvalue weighted by molar-refractivity contribution is 0.673. The monoisotopic (exact) mass is 233 g/mol. The molecule has 0 fully saturated rings. The van der Waals surface area contributed by atoms with E-state index in [-0.39, 0.29) is 0 Å². The molecule has 2 nitrogen and oxygen atoms in total. The summed E-state index contributed by atoms with van der Waals surface area (Å²) in [6.45, 7) is 0. The molecule has 2 heteroatoms. The van der Waals surface area contributed by atoms with Gasteiger partial charge in [-0.2, -0.15) is 0 Å². The van der Waals surface area contributed by atoms with Crippen LogP contribution in [0.25, 0.3) is 32.7 Å². The highest BCUT2D eigenvalue weighted by Gasteiger charge is 2.09. The van der Waals surface area contributed by atoms with Gasteiger partial charge in [0.1, 0.15) is 11.2 Å². The molecule has 0 spiro atoms. The Bertz CT molecular complexity index is 889. The summed E-state index contributed by atoms with van der Waals surface area (Å²) in [4.78, 5) is 0. The molecule has 0 bridgehead atoms. The molecule has 2 N–H and O–H groups in total. The van der Waals surface area contributed by atoms with Crippen LogP contribution in [0, 0.1) is 0 Å². The number of rotatable bonds is 0. The average Bonchev–Trinajstić information content (AvgIpc) is 2.76. The second kappa shape index (κ2) is 3.26. The smallest absolute Gasteiger partial charge is 0.143 e. The molecule has 1 heterocycles. The number of hydrogen-bond acceptors (Lipinski definition) is 2. The molecule has 4 rings (SSSR count). The second-order valence-corrected chi connectivity index (χ2v) is 4.52. The van der Waals surface area contributed by atoms with Gasteiger partial charge in [-0.1, -0.05) is 30.3 Å². The van der Waals surface area contributed by atoms with E-state index < -0.39 is 0 Å². The fraction of sp³-hybridized carbons (Fsp3) is 0. The largest absolute Gasteiger partial charge is 0.455 e. The van der Waals surface area contributed by atoms with Crippen LogP contribution < -0.4 is 5.73 Å². The number of anilines is 1. The predicted molar refractivity (Wildman–Crippen MR) is 75.6 cm³/mol. The minimum atomic E-state index is 0.728. The van der Waals surface area contributed by atoms with Crippen LogP contribution in [0.2, 0.25) is 0 Å². The molecule has 0 saturated carbocycles. The first-order valence-corrected chi connectivity index (χ1v) is 5.92. The van der Waals surface area contributed by atoms with Crippen molar-refractivity contribution in [3.8, 4) is 0 Å². The molecule has 0 amide bonds. The zero-order valence-corrected chi connectivity index (χ0v) is 9.68. The SMILES string of the molecule is Nc1ccc2c(c1)oc1c3ccccc3ccc21. The van der Waals surface area contributed by atoms with Crippen LogP contribution in [0.1, 0.15) is 0 Å². The van der Waals surface area contributed by atoms with E-state index in [1.165, 1.54) is 5.39 Å². The fourth-order valence-electron chi connectivity index (χ4n) is 2.52. The third kappa shape index (κ3) is 1.17. The van der Waals surface area contributed by atoms with Crippen LogP contribution in [0.15, 0.2) is 59.0 Å². The van der Waals surface area contributed by atoms with Gasteiger partial charge in [0.05, 0.1) is 0 Å². The lowest BCUT2D eigenvalue weighted by Gasteiger charge is -1.97. The van der Waals surface area contributed by atoms with Gasteiger partial charge in [0, 0.05) is 27.9 Å². The summed E-state index contributed by atoms with van der Waals surface area (Å²) in [6.07, 6.45) is 0. The molecule has 0 saturated heterocycles. The van der Waals surface area contributed by atoms with Crippen molar-refractivity contribution in [1.82, 2.24) is 0 Å². The maximum atomic E-state index is 5.97. The first-order valence-electron chi connectivity index (χ1n) is 5.92. The molecule has 0 aliphatic carbocycles. The van der Waals surface area contributed by atoms with Gasteiger partial charge in [-0.15, -0.1) is 0 Å². The van der Waals surface area contributed by atoms with Crippen LogP contribution in [-0.2, 0) is 0 Å². The third-order valence-corrected chi connectivity index (χ3v) is 3.39. The van der Waals surface area contributed by atoms with Crippen LogP contribution in [0.5, 0.6) is 0 Å². The van der Waals surface area contributed by atoms with Gasteiger partial charge >= 0.3 is 0 Å². The standard InChI is InChI=1S/C16H11NO/c17-11-6-8-13-14-7-5-10-3-1-2-4-12(10)16(14)18-15(13)9-11/h1-9H,17H2. The van der Waals surface area contributed by atoms with Crippen molar-refractivity contribution in [1.29, 1.82) is 0 Å². The summed E-state index contributed by atoms with van der Waals surface area (Å²) in [5, 5.41) is 4.59. The van der Waals surface area contributed by atoms with Gasteiger partial charge in [-0.3, -0.25) is 0 Å². The third-order valence-electron chi connectivity index (χ3n) is 3.39. The lowest BCUT2D eigenvalue weighted by Crippen LogP contribution is -1.81. The Morgan fingerprint density at radius 2 is 1.61 bits per heavy atom. The minimum absolute atomic E-state index is 0.728. The second-order valence-electron chi connectivity index (χ2n) is 4.52. The summed E-state index contributed by atoms with van der Waals surface area (Å²) in [7, 11) is 0. The summed E-state index contributed by atoms with van der Waals surface area (Å²) in [5.41, 5.74) is 8.31. The van der Waals surface area contributed by atoms with Crippen molar-refractivity contribution in [3.05, 3.63) is 54.6 Å². The zero-order chi connectivity index (χ0) is 12.1. The summed E-state index contributed by atoms with van der Waals surface area (Å²) in [5.74, 6) is 0. The summed E-state index contributed by atoms with van der Waals surface area (Å²) >= 11 is 0. The Balaban J connectivity index is 2.29. The first kappa shape index (κ1) is 9.54. The fourth-order valence-corrected chi connectivity index (χ4v) is 2.52. The van der Waals surface area contributed by atoms with Crippen LogP contribution in [0.4, 0.5) is 5.69 Å². The van der Waals surface area contributed by atoms with Crippen molar-refractivity contribution >= 4 is 38.4 Å². The van der Waals surface area contributed by atoms with Crippen molar-refractivity contribution in [2.45, 2.75) is 0 Å². The highest BCUT2D eigenvalue weighted by Crippen LogP contribution is 2.34. The van der Waals surface area contributed by atoms with E-state index in [0.717, 1.165) is 33.0 Å².